The van der Waals surface area contributed by atoms with Crippen LogP contribution in [0.25, 0.3) is 0 Å². The number of carbonyl (C=O) groups excluding carboxylic acids is 1. The molecule has 3 atom stereocenters. The fraction of sp³-hybridized carbons (Fsp3) is 0.381. The molecule has 2 aliphatic heterocycles. The van der Waals surface area contributed by atoms with E-state index < -0.39 is 0 Å². The minimum Gasteiger partial charge on any atom is -0.465 e. The zero-order chi connectivity index (χ0) is 17.2. The Morgan fingerprint density at radius 2 is 1.64 bits per heavy atom. The molecular formula is C21H23NO3. The summed E-state index contributed by atoms with van der Waals surface area (Å²) in [4.78, 5) is 14.8. The molecule has 2 heterocycles. The third-order valence-electron chi connectivity index (χ3n) is 5.10. The van der Waals surface area contributed by atoms with E-state index in [4.69, 9.17) is 9.47 Å². The van der Waals surface area contributed by atoms with Crippen molar-refractivity contribution in [2.45, 2.75) is 25.0 Å². The molecule has 4 rings (SSSR count). The molecule has 130 valence electrons. The molecule has 0 spiro atoms. The molecule has 0 radical (unpaired) electrons. The van der Waals surface area contributed by atoms with Gasteiger partial charge in [-0.3, -0.25) is 9.69 Å². The quantitative estimate of drug-likeness (QED) is 0.600. The molecule has 2 fully saturated rings. The topological polar surface area (TPSA) is 38.5 Å². The van der Waals surface area contributed by atoms with Crippen molar-refractivity contribution in [3.63, 3.8) is 0 Å². The summed E-state index contributed by atoms with van der Waals surface area (Å²) in [6, 6.07) is 20.8. The van der Waals surface area contributed by atoms with E-state index >= 15 is 0 Å². The van der Waals surface area contributed by atoms with Crippen LogP contribution in [0.3, 0.4) is 0 Å². The Hall–Kier alpha value is -2.17. The molecule has 2 aromatic carbocycles. The highest BCUT2D eigenvalue weighted by Crippen LogP contribution is 2.47. The zero-order valence-corrected chi connectivity index (χ0v) is 14.4. The van der Waals surface area contributed by atoms with Crippen LogP contribution in [0.2, 0.25) is 0 Å². The number of ether oxygens (including phenoxy) is 2. The minimum absolute atomic E-state index is 0.0578. The number of benzene rings is 2. The normalized spacial score (nSPS) is 25.4. The number of esters is 1. The average molecular weight is 337 g/mol. The van der Waals surface area contributed by atoms with Gasteiger partial charge >= 0.3 is 5.97 Å². The predicted octanol–water partition coefficient (Wildman–Crippen LogP) is 3.04. The van der Waals surface area contributed by atoms with Crippen LogP contribution in [0.4, 0.5) is 0 Å². The molecule has 0 bridgehead atoms. The van der Waals surface area contributed by atoms with Gasteiger partial charge in [0.2, 0.25) is 0 Å². The Morgan fingerprint density at radius 1 is 1.08 bits per heavy atom. The van der Waals surface area contributed by atoms with E-state index in [2.05, 4.69) is 53.4 Å². The second kappa shape index (κ2) is 6.98. The lowest BCUT2D eigenvalue weighted by atomic mass is 9.97. The van der Waals surface area contributed by atoms with Crippen molar-refractivity contribution in [2.75, 3.05) is 19.8 Å². The standard InChI is InChI=1S/C21H23NO3/c1-2-25-21(23)20-19(17-13-24-14-17)22(20)18(15-9-5-3-6-10-15)16-11-7-4-8-12-16/h3-12,17-20H,2,13-14H2,1H3/t19-,20+,22-/m0/s1. The van der Waals surface area contributed by atoms with Crippen LogP contribution >= 0.6 is 0 Å². The fourth-order valence-corrected chi connectivity index (χ4v) is 3.85. The first-order valence-corrected chi connectivity index (χ1v) is 8.93. The molecule has 2 aromatic rings. The number of nitrogens with zero attached hydrogens (tertiary/aromatic N) is 1. The fourth-order valence-electron chi connectivity index (χ4n) is 3.85. The second-order valence-corrected chi connectivity index (χ2v) is 6.66. The Balaban J connectivity index is 1.69. The van der Waals surface area contributed by atoms with Crippen molar-refractivity contribution in [3.05, 3.63) is 71.8 Å². The minimum atomic E-state index is -0.181. The van der Waals surface area contributed by atoms with E-state index in [0.717, 1.165) is 13.2 Å². The van der Waals surface area contributed by atoms with Gasteiger partial charge in [-0.15, -0.1) is 0 Å². The van der Waals surface area contributed by atoms with Crippen molar-refractivity contribution in [1.82, 2.24) is 4.90 Å². The maximum absolute atomic E-state index is 12.5. The molecule has 25 heavy (non-hydrogen) atoms. The van der Waals surface area contributed by atoms with Gasteiger partial charge in [-0.2, -0.15) is 0 Å². The van der Waals surface area contributed by atoms with Crippen LogP contribution in [0.1, 0.15) is 24.1 Å². The molecule has 0 amide bonds. The molecule has 2 saturated heterocycles. The lowest BCUT2D eigenvalue weighted by Gasteiger charge is -2.28. The summed E-state index contributed by atoms with van der Waals surface area (Å²) < 4.78 is 10.7. The van der Waals surface area contributed by atoms with Crippen molar-refractivity contribution in [1.29, 1.82) is 0 Å². The first-order valence-electron chi connectivity index (χ1n) is 8.93. The van der Waals surface area contributed by atoms with Gasteiger partial charge in [-0.25, -0.2) is 0 Å². The monoisotopic (exact) mass is 337 g/mol. The van der Waals surface area contributed by atoms with Crippen LogP contribution in [-0.4, -0.2) is 42.8 Å². The average Bonchev–Trinajstić information content (AvgIpc) is 3.30. The van der Waals surface area contributed by atoms with Crippen molar-refractivity contribution >= 4 is 5.97 Å². The van der Waals surface area contributed by atoms with Crippen molar-refractivity contribution in [3.8, 4) is 0 Å². The van der Waals surface area contributed by atoms with Crippen LogP contribution in [0.15, 0.2) is 60.7 Å². The summed E-state index contributed by atoms with van der Waals surface area (Å²) in [6.07, 6.45) is 0. The van der Waals surface area contributed by atoms with Gasteiger partial charge in [-0.1, -0.05) is 60.7 Å². The summed E-state index contributed by atoms with van der Waals surface area (Å²) in [5.41, 5.74) is 2.40. The molecule has 4 heteroatoms. The van der Waals surface area contributed by atoms with E-state index in [1.165, 1.54) is 11.1 Å². The van der Waals surface area contributed by atoms with Crippen molar-refractivity contribution < 1.29 is 14.3 Å². The highest BCUT2D eigenvalue weighted by molar-refractivity contribution is 5.81. The lowest BCUT2D eigenvalue weighted by molar-refractivity contribution is -0.143. The number of hydrogen-bond acceptors (Lipinski definition) is 4. The SMILES string of the molecule is CCOC(=O)[C@H]1[C@H](C2COC2)[N@]1C(c1ccccc1)c1ccccc1. The van der Waals surface area contributed by atoms with E-state index in [1.807, 2.05) is 19.1 Å². The Kier molecular flexibility index (Phi) is 4.55. The van der Waals surface area contributed by atoms with Gasteiger partial charge in [0.15, 0.2) is 0 Å². The van der Waals surface area contributed by atoms with Gasteiger partial charge in [0, 0.05) is 12.0 Å². The molecule has 0 aromatic heterocycles. The zero-order valence-electron chi connectivity index (χ0n) is 14.4. The molecule has 2 aliphatic rings. The molecule has 0 saturated carbocycles. The first-order chi connectivity index (χ1) is 12.3. The highest BCUT2D eigenvalue weighted by atomic mass is 16.5. The highest BCUT2D eigenvalue weighted by Gasteiger charge is 2.61. The maximum Gasteiger partial charge on any atom is 0.325 e. The lowest BCUT2D eigenvalue weighted by Crippen LogP contribution is -2.35. The number of rotatable bonds is 6. The van der Waals surface area contributed by atoms with Crippen LogP contribution < -0.4 is 0 Å². The number of carbonyl (C=O) groups is 1. The van der Waals surface area contributed by atoms with Crippen molar-refractivity contribution in [2.24, 2.45) is 5.92 Å². The van der Waals surface area contributed by atoms with Crippen LogP contribution in [0.5, 0.6) is 0 Å². The predicted molar refractivity (Wildman–Crippen MR) is 95.1 cm³/mol. The Bertz CT molecular complexity index is 675. The maximum atomic E-state index is 12.5. The van der Waals surface area contributed by atoms with Gasteiger partial charge in [-0.05, 0) is 18.1 Å². The van der Waals surface area contributed by atoms with E-state index in [-0.39, 0.29) is 24.1 Å². The van der Waals surface area contributed by atoms with Gasteiger partial charge in [0.25, 0.3) is 0 Å². The van der Waals surface area contributed by atoms with E-state index in [0.29, 0.717) is 12.5 Å². The van der Waals surface area contributed by atoms with Crippen LogP contribution in [0, 0.1) is 5.92 Å². The summed E-state index contributed by atoms with van der Waals surface area (Å²) >= 11 is 0. The van der Waals surface area contributed by atoms with E-state index in [1.54, 1.807) is 0 Å². The second-order valence-electron chi connectivity index (χ2n) is 6.66. The summed E-state index contributed by atoms with van der Waals surface area (Å²) in [5.74, 6) is 0.292. The third kappa shape index (κ3) is 3.08. The van der Waals surface area contributed by atoms with E-state index in [9.17, 15) is 4.79 Å². The molecule has 0 N–H and O–H groups in total. The van der Waals surface area contributed by atoms with Gasteiger partial charge < -0.3 is 9.47 Å². The number of hydrogen-bond donors (Lipinski definition) is 0. The molecule has 4 nitrogen and oxygen atoms in total. The molecular weight excluding hydrogens is 314 g/mol. The summed E-state index contributed by atoms with van der Waals surface area (Å²) in [7, 11) is 0. The summed E-state index contributed by atoms with van der Waals surface area (Å²) in [5, 5.41) is 0. The molecule has 0 unspecified atom stereocenters. The smallest absolute Gasteiger partial charge is 0.325 e. The summed E-state index contributed by atoms with van der Waals surface area (Å²) in [6.45, 7) is 3.73. The largest absolute Gasteiger partial charge is 0.465 e. The Labute approximate surface area is 148 Å². The third-order valence-corrected chi connectivity index (χ3v) is 5.10. The van der Waals surface area contributed by atoms with Gasteiger partial charge in [0.05, 0.1) is 25.9 Å². The molecule has 0 aliphatic carbocycles. The van der Waals surface area contributed by atoms with Crippen LogP contribution in [-0.2, 0) is 14.3 Å². The first kappa shape index (κ1) is 16.3. The van der Waals surface area contributed by atoms with Gasteiger partial charge in [0.1, 0.15) is 6.04 Å². The Morgan fingerprint density at radius 3 is 2.08 bits per heavy atom.